The Kier molecular flexibility index (Phi) is 5.56. The van der Waals surface area contributed by atoms with Gasteiger partial charge in [-0.2, -0.15) is 0 Å². The van der Waals surface area contributed by atoms with Crippen molar-refractivity contribution in [3.8, 4) is 0 Å². The molecule has 2 unspecified atom stereocenters. The van der Waals surface area contributed by atoms with Gasteiger partial charge in [-0.3, -0.25) is 4.79 Å². The van der Waals surface area contributed by atoms with Crippen molar-refractivity contribution in [2.24, 2.45) is 5.92 Å². The number of rotatable bonds is 6. The zero-order valence-electron chi connectivity index (χ0n) is 12.3. The van der Waals surface area contributed by atoms with Crippen molar-refractivity contribution >= 4 is 5.91 Å². The van der Waals surface area contributed by atoms with Gasteiger partial charge in [0.05, 0.1) is 12.5 Å². The summed E-state index contributed by atoms with van der Waals surface area (Å²) < 4.78 is 5.46. The number of amides is 1. The monoisotopic (exact) mass is 276 g/mol. The van der Waals surface area contributed by atoms with Crippen LogP contribution in [0, 0.1) is 5.92 Å². The molecule has 0 aromatic heterocycles. The Balaban J connectivity index is 1.91. The third-order valence-corrected chi connectivity index (χ3v) is 3.90. The van der Waals surface area contributed by atoms with E-state index in [0.717, 1.165) is 24.1 Å². The molecule has 20 heavy (non-hydrogen) atoms. The summed E-state index contributed by atoms with van der Waals surface area (Å²) in [4.78, 5) is 12.2. The molecule has 1 heterocycles. The number of carbonyl (C=O) groups is 1. The quantitative estimate of drug-likeness (QED) is 0.833. The van der Waals surface area contributed by atoms with Crippen LogP contribution in [0.1, 0.15) is 31.4 Å². The van der Waals surface area contributed by atoms with E-state index in [-0.39, 0.29) is 17.9 Å². The van der Waals surface area contributed by atoms with Crippen LogP contribution in [0.15, 0.2) is 24.3 Å². The van der Waals surface area contributed by atoms with Gasteiger partial charge in [0.1, 0.15) is 0 Å². The molecule has 2 atom stereocenters. The normalized spacial score (nSPS) is 21.9. The number of benzene rings is 1. The maximum absolute atomic E-state index is 12.2. The Labute approximate surface area is 120 Å². The van der Waals surface area contributed by atoms with Crippen molar-refractivity contribution in [2.75, 3.05) is 13.2 Å². The first kappa shape index (κ1) is 15.0. The van der Waals surface area contributed by atoms with E-state index in [1.54, 1.807) is 0 Å². The molecular formula is C16H24N2O2. The van der Waals surface area contributed by atoms with Gasteiger partial charge in [0.25, 0.3) is 0 Å². The van der Waals surface area contributed by atoms with Gasteiger partial charge in [-0.15, -0.1) is 0 Å². The van der Waals surface area contributed by atoms with Gasteiger partial charge in [-0.05, 0) is 37.9 Å². The van der Waals surface area contributed by atoms with E-state index >= 15 is 0 Å². The zero-order chi connectivity index (χ0) is 14.4. The molecule has 0 radical (unpaired) electrons. The Morgan fingerprint density at radius 1 is 1.40 bits per heavy atom. The van der Waals surface area contributed by atoms with Gasteiger partial charge in [0, 0.05) is 19.2 Å². The van der Waals surface area contributed by atoms with Crippen LogP contribution in [0.25, 0.3) is 0 Å². The molecule has 1 aliphatic heterocycles. The molecule has 1 amide bonds. The second kappa shape index (κ2) is 7.41. The SMILES string of the molecule is CCOCc1ccccc1CNC(=O)C1CCNC1C. The molecule has 4 heteroatoms. The first-order valence-corrected chi connectivity index (χ1v) is 7.38. The Morgan fingerprint density at radius 3 is 2.80 bits per heavy atom. The first-order valence-electron chi connectivity index (χ1n) is 7.38. The molecule has 2 rings (SSSR count). The molecule has 1 aliphatic rings. The summed E-state index contributed by atoms with van der Waals surface area (Å²) in [5.74, 6) is 0.239. The summed E-state index contributed by atoms with van der Waals surface area (Å²) >= 11 is 0. The van der Waals surface area contributed by atoms with Crippen LogP contribution in [0.5, 0.6) is 0 Å². The second-order valence-electron chi connectivity index (χ2n) is 5.26. The predicted octanol–water partition coefficient (Wildman–Crippen LogP) is 1.84. The Morgan fingerprint density at radius 2 is 2.15 bits per heavy atom. The lowest BCUT2D eigenvalue weighted by molar-refractivity contribution is -0.125. The molecule has 0 bridgehead atoms. The summed E-state index contributed by atoms with van der Waals surface area (Å²) in [5, 5.41) is 6.36. The standard InChI is InChI=1S/C16H24N2O2/c1-3-20-11-14-7-5-4-6-13(14)10-18-16(19)15-8-9-17-12(15)2/h4-7,12,15,17H,3,8-11H2,1-2H3,(H,18,19). The molecular weight excluding hydrogens is 252 g/mol. The number of carbonyl (C=O) groups excluding carboxylic acids is 1. The van der Waals surface area contributed by atoms with Gasteiger partial charge >= 0.3 is 0 Å². The lowest BCUT2D eigenvalue weighted by Gasteiger charge is -2.16. The lowest BCUT2D eigenvalue weighted by Crippen LogP contribution is -2.36. The summed E-state index contributed by atoms with van der Waals surface area (Å²) in [6.45, 7) is 6.86. The van der Waals surface area contributed by atoms with Crippen molar-refractivity contribution < 1.29 is 9.53 Å². The van der Waals surface area contributed by atoms with Crippen LogP contribution in [-0.4, -0.2) is 25.1 Å². The average molecular weight is 276 g/mol. The molecule has 1 aromatic carbocycles. The van der Waals surface area contributed by atoms with Gasteiger partial charge in [0.15, 0.2) is 0 Å². The van der Waals surface area contributed by atoms with Gasteiger partial charge in [-0.25, -0.2) is 0 Å². The predicted molar refractivity (Wildman–Crippen MR) is 79.2 cm³/mol. The minimum atomic E-state index is 0.0917. The van der Waals surface area contributed by atoms with Gasteiger partial charge < -0.3 is 15.4 Å². The third-order valence-electron chi connectivity index (χ3n) is 3.90. The van der Waals surface area contributed by atoms with E-state index in [0.29, 0.717) is 19.8 Å². The largest absolute Gasteiger partial charge is 0.377 e. The lowest BCUT2D eigenvalue weighted by atomic mass is 10.0. The van der Waals surface area contributed by atoms with Crippen LogP contribution < -0.4 is 10.6 Å². The maximum Gasteiger partial charge on any atom is 0.224 e. The highest BCUT2D eigenvalue weighted by Crippen LogP contribution is 2.16. The van der Waals surface area contributed by atoms with Crippen LogP contribution in [0.2, 0.25) is 0 Å². The van der Waals surface area contributed by atoms with Crippen molar-refractivity contribution in [1.82, 2.24) is 10.6 Å². The van der Waals surface area contributed by atoms with E-state index in [1.807, 2.05) is 25.1 Å². The average Bonchev–Trinajstić information content (AvgIpc) is 2.89. The fourth-order valence-corrected chi connectivity index (χ4v) is 2.61. The summed E-state index contributed by atoms with van der Waals surface area (Å²) in [6, 6.07) is 8.37. The molecule has 0 aliphatic carbocycles. The van der Waals surface area contributed by atoms with E-state index in [2.05, 4.69) is 23.6 Å². The van der Waals surface area contributed by atoms with E-state index in [1.165, 1.54) is 0 Å². The van der Waals surface area contributed by atoms with Crippen LogP contribution in [-0.2, 0) is 22.7 Å². The Hall–Kier alpha value is -1.39. The Bertz CT molecular complexity index is 448. The number of hydrogen-bond acceptors (Lipinski definition) is 3. The van der Waals surface area contributed by atoms with E-state index < -0.39 is 0 Å². The fraction of sp³-hybridized carbons (Fsp3) is 0.562. The highest BCUT2D eigenvalue weighted by Gasteiger charge is 2.28. The summed E-state index contributed by atoms with van der Waals surface area (Å²) in [7, 11) is 0. The molecule has 0 spiro atoms. The van der Waals surface area contributed by atoms with Crippen molar-refractivity contribution in [3.05, 3.63) is 35.4 Å². The van der Waals surface area contributed by atoms with Crippen molar-refractivity contribution in [1.29, 1.82) is 0 Å². The molecule has 1 saturated heterocycles. The van der Waals surface area contributed by atoms with Crippen molar-refractivity contribution in [2.45, 2.75) is 39.5 Å². The van der Waals surface area contributed by atoms with Gasteiger partial charge in [-0.1, -0.05) is 24.3 Å². The topological polar surface area (TPSA) is 50.4 Å². The first-order chi connectivity index (χ1) is 9.72. The maximum atomic E-state index is 12.2. The summed E-state index contributed by atoms with van der Waals surface area (Å²) in [6.07, 6.45) is 0.924. The highest BCUT2D eigenvalue weighted by atomic mass is 16.5. The minimum Gasteiger partial charge on any atom is -0.377 e. The molecule has 1 fully saturated rings. The van der Waals surface area contributed by atoms with Crippen LogP contribution in [0.4, 0.5) is 0 Å². The van der Waals surface area contributed by atoms with E-state index in [4.69, 9.17) is 4.74 Å². The summed E-state index contributed by atoms with van der Waals surface area (Å²) in [5.41, 5.74) is 2.28. The second-order valence-corrected chi connectivity index (χ2v) is 5.26. The smallest absolute Gasteiger partial charge is 0.224 e. The zero-order valence-corrected chi connectivity index (χ0v) is 12.3. The highest BCUT2D eigenvalue weighted by molar-refractivity contribution is 5.79. The number of ether oxygens (including phenoxy) is 1. The van der Waals surface area contributed by atoms with Gasteiger partial charge in [0.2, 0.25) is 5.91 Å². The van der Waals surface area contributed by atoms with Crippen LogP contribution >= 0.6 is 0 Å². The molecule has 110 valence electrons. The molecule has 1 aromatic rings. The van der Waals surface area contributed by atoms with E-state index in [9.17, 15) is 4.79 Å². The number of hydrogen-bond donors (Lipinski definition) is 2. The third kappa shape index (κ3) is 3.81. The van der Waals surface area contributed by atoms with Crippen molar-refractivity contribution in [3.63, 3.8) is 0 Å². The molecule has 0 saturated carbocycles. The molecule has 4 nitrogen and oxygen atoms in total. The van der Waals surface area contributed by atoms with Crippen LogP contribution in [0.3, 0.4) is 0 Å². The fourth-order valence-electron chi connectivity index (χ4n) is 2.61. The number of nitrogens with one attached hydrogen (secondary N) is 2. The molecule has 2 N–H and O–H groups in total. The minimum absolute atomic E-state index is 0.0917.